The molecule has 2 aliphatic carbocycles. The molecule has 1 fully saturated rings. The van der Waals surface area contributed by atoms with E-state index in [2.05, 4.69) is 128 Å². The molecule has 3 aromatic rings. The fraction of sp³-hybridized carbons (Fsp3) is 0.366. The maximum absolute atomic E-state index is 12.0. The van der Waals surface area contributed by atoms with E-state index in [0.29, 0.717) is 11.6 Å². The van der Waals surface area contributed by atoms with Gasteiger partial charge in [-0.15, -0.1) is 0 Å². The lowest BCUT2D eigenvalue weighted by Crippen LogP contribution is -2.80. The molecule has 2 aliphatic rings. The van der Waals surface area contributed by atoms with Gasteiger partial charge in [0.2, 0.25) is 5.71 Å². The number of carbonyl (C=O) groups excluding carboxylic acids is 1. The summed E-state index contributed by atoms with van der Waals surface area (Å²) in [6.07, 6.45) is 7.98. The predicted molar refractivity (Wildman–Crippen MR) is 199 cm³/mol. The Bertz CT molecular complexity index is 1670. The second-order valence-corrected chi connectivity index (χ2v) is 12.8. The molecule has 0 aromatic heterocycles. The lowest BCUT2D eigenvalue weighted by Gasteiger charge is -2.25. The SMILES string of the molecule is C=C(C)C(=O)OC1CCC([NH+]=C2C=CC(=C(c3ccc(N(CC)CC)cc3)c3ccc(N(CC)CC)cc3Cl)c3ccccc32)CC1. The van der Waals surface area contributed by atoms with Crippen molar-refractivity contribution in [1.29, 1.82) is 0 Å². The van der Waals surface area contributed by atoms with E-state index in [4.69, 9.17) is 16.3 Å². The Kier molecular flexibility index (Phi) is 11.4. The van der Waals surface area contributed by atoms with E-state index in [1.54, 1.807) is 6.92 Å². The van der Waals surface area contributed by atoms with Crippen molar-refractivity contribution in [2.24, 2.45) is 0 Å². The summed E-state index contributed by atoms with van der Waals surface area (Å²) in [5.74, 6) is -0.291. The van der Waals surface area contributed by atoms with E-state index in [9.17, 15) is 4.79 Å². The van der Waals surface area contributed by atoms with Crippen LogP contribution in [0.1, 0.15) is 82.6 Å². The quantitative estimate of drug-likeness (QED) is 0.170. The fourth-order valence-corrected chi connectivity index (χ4v) is 7.09. The lowest BCUT2D eigenvalue weighted by molar-refractivity contribution is -0.507. The van der Waals surface area contributed by atoms with Gasteiger partial charge in [-0.25, -0.2) is 9.79 Å². The molecule has 1 saturated carbocycles. The third-order valence-corrected chi connectivity index (χ3v) is 9.80. The van der Waals surface area contributed by atoms with Crippen LogP contribution in [0.4, 0.5) is 11.4 Å². The van der Waals surface area contributed by atoms with Crippen molar-refractivity contribution in [3.63, 3.8) is 0 Å². The van der Waals surface area contributed by atoms with Gasteiger partial charge in [-0.3, -0.25) is 0 Å². The number of halogens is 1. The molecule has 0 radical (unpaired) electrons. The number of fused-ring (bicyclic) bond motifs is 1. The summed E-state index contributed by atoms with van der Waals surface area (Å²) in [5.41, 5.74) is 10.7. The van der Waals surface area contributed by atoms with Crippen molar-refractivity contribution < 1.29 is 14.5 Å². The summed E-state index contributed by atoms with van der Waals surface area (Å²) < 4.78 is 5.64. The summed E-state index contributed by atoms with van der Waals surface area (Å²) in [5, 5.41) is 0.743. The Morgan fingerprint density at radius 2 is 1.43 bits per heavy atom. The number of allylic oxidation sites excluding steroid dienone is 3. The number of nitrogens with zero attached hydrogens (tertiary/aromatic N) is 2. The first-order chi connectivity index (χ1) is 22.8. The third kappa shape index (κ3) is 7.73. The lowest BCUT2D eigenvalue weighted by atomic mass is 9.83. The van der Waals surface area contributed by atoms with Crippen LogP contribution in [0.3, 0.4) is 0 Å². The van der Waals surface area contributed by atoms with Gasteiger partial charge in [0.25, 0.3) is 0 Å². The van der Waals surface area contributed by atoms with Gasteiger partial charge in [-0.2, -0.15) is 0 Å². The highest BCUT2D eigenvalue weighted by Crippen LogP contribution is 2.40. The van der Waals surface area contributed by atoms with Crippen LogP contribution in [-0.2, 0) is 9.53 Å². The molecular formula is C41H49ClN3O2+. The minimum Gasteiger partial charge on any atom is -0.459 e. The van der Waals surface area contributed by atoms with Crippen LogP contribution in [0, 0.1) is 0 Å². The molecule has 1 N–H and O–H groups in total. The molecule has 0 bridgehead atoms. The molecule has 0 unspecified atom stereocenters. The van der Waals surface area contributed by atoms with Crippen LogP contribution in [-0.4, -0.2) is 50.0 Å². The van der Waals surface area contributed by atoms with E-state index in [1.807, 2.05) is 0 Å². The molecule has 0 heterocycles. The number of carbonyl (C=O) groups is 1. The molecule has 5 nitrogen and oxygen atoms in total. The first-order valence-electron chi connectivity index (χ1n) is 17.2. The van der Waals surface area contributed by atoms with Crippen LogP contribution in [0.15, 0.2) is 91.0 Å². The van der Waals surface area contributed by atoms with Gasteiger partial charge in [-0.05, 0) is 106 Å². The van der Waals surface area contributed by atoms with Gasteiger partial charge in [0, 0.05) is 67.6 Å². The molecule has 246 valence electrons. The highest BCUT2D eigenvalue weighted by atomic mass is 35.5. The smallest absolute Gasteiger partial charge is 0.333 e. The molecule has 0 spiro atoms. The van der Waals surface area contributed by atoms with Crippen LogP contribution in [0.5, 0.6) is 0 Å². The Hall–Kier alpha value is -4.09. The summed E-state index contributed by atoms with van der Waals surface area (Å²) >= 11 is 7.18. The number of anilines is 2. The largest absolute Gasteiger partial charge is 0.459 e. The number of hydrogen-bond acceptors (Lipinski definition) is 4. The maximum Gasteiger partial charge on any atom is 0.333 e. The van der Waals surface area contributed by atoms with Gasteiger partial charge >= 0.3 is 5.97 Å². The van der Waals surface area contributed by atoms with Crippen LogP contribution >= 0.6 is 11.6 Å². The molecule has 3 aromatic carbocycles. The fourth-order valence-electron chi connectivity index (χ4n) is 6.82. The van der Waals surface area contributed by atoms with E-state index in [0.717, 1.165) is 90.6 Å². The van der Waals surface area contributed by atoms with Gasteiger partial charge in [0.05, 0.1) is 10.6 Å². The number of esters is 1. The Labute approximate surface area is 286 Å². The molecular weight excluding hydrogens is 602 g/mol. The first kappa shape index (κ1) is 34.3. The average Bonchev–Trinajstić information content (AvgIpc) is 3.09. The number of nitrogens with one attached hydrogen (secondary N) is 1. The van der Waals surface area contributed by atoms with Crippen molar-refractivity contribution in [2.45, 2.75) is 72.4 Å². The molecule has 0 saturated heterocycles. The highest BCUT2D eigenvalue weighted by Gasteiger charge is 2.29. The zero-order valence-corrected chi connectivity index (χ0v) is 29.4. The normalized spacial score (nSPS) is 19.2. The average molecular weight is 651 g/mol. The maximum atomic E-state index is 12.0. The second kappa shape index (κ2) is 15.7. The minimum atomic E-state index is -0.291. The molecule has 6 heteroatoms. The minimum absolute atomic E-state index is 0.0421. The third-order valence-electron chi connectivity index (χ3n) is 9.48. The van der Waals surface area contributed by atoms with E-state index in [-0.39, 0.29) is 12.1 Å². The van der Waals surface area contributed by atoms with Crippen molar-refractivity contribution in [2.75, 3.05) is 36.0 Å². The monoisotopic (exact) mass is 650 g/mol. The van der Waals surface area contributed by atoms with Gasteiger partial charge in [0.1, 0.15) is 6.10 Å². The Morgan fingerprint density at radius 3 is 2.02 bits per heavy atom. The standard InChI is InChI=1S/C41H48ClN3O2/c1-7-44(8-2)31-19-15-29(16-20-31)40(37-24-21-32(27-38(37)42)45(9-3)10-4)36-25-26-39(35-14-12-11-13-34(35)36)43-30-17-22-33(23-18-30)47-41(46)28(5)6/h11-16,19-21,24-27,30,33H,5,7-10,17-18,22-23H2,1-4,6H3/p+1. The Balaban J connectivity index is 1.56. The summed E-state index contributed by atoms with van der Waals surface area (Å²) in [6.45, 7) is 17.9. The number of hydrogen-bond donors (Lipinski definition) is 1. The predicted octanol–water partition coefficient (Wildman–Crippen LogP) is 7.86. The van der Waals surface area contributed by atoms with E-state index < -0.39 is 0 Å². The zero-order valence-electron chi connectivity index (χ0n) is 28.6. The summed E-state index contributed by atoms with van der Waals surface area (Å²) in [4.78, 5) is 20.6. The van der Waals surface area contributed by atoms with Crippen molar-refractivity contribution in [1.82, 2.24) is 0 Å². The van der Waals surface area contributed by atoms with Gasteiger partial charge < -0.3 is 14.5 Å². The van der Waals surface area contributed by atoms with E-state index in [1.165, 1.54) is 16.8 Å². The molecule has 0 aliphatic heterocycles. The van der Waals surface area contributed by atoms with Crippen LogP contribution < -0.4 is 14.8 Å². The van der Waals surface area contributed by atoms with Crippen molar-refractivity contribution >= 4 is 45.8 Å². The summed E-state index contributed by atoms with van der Waals surface area (Å²) in [7, 11) is 0. The Morgan fingerprint density at radius 1 is 0.830 bits per heavy atom. The topological polar surface area (TPSA) is 46.8 Å². The van der Waals surface area contributed by atoms with E-state index >= 15 is 0 Å². The number of ether oxygens (including phenoxy) is 1. The first-order valence-corrected chi connectivity index (χ1v) is 17.6. The van der Waals surface area contributed by atoms with Crippen molar-refractivity contribution in [3.05, 3.63) is 118 Å². The summed E-state index contributed by atoms with van der Waals surface area (Å²) in [6, 6.07) is 24.3. The highest BCUT2D eigenvalue weighted by molar-refractivity contribution is 6.33. The number of benzene rings is 3. The second-order valence-electron chi connectivity index (χ2n) is 12.4. The van der Waals surface area contributed by atoms with Crippen LogP contribution in [0.25, 0.3) is 11.1 Å². The number of rotatable bonds is 11. The van der Waals surface area contributed by atoms with Crippen molar-refractivity contribution in [3.8, 4) is 0 Å². The molecule has 47 heavy (non-hydrogen) atoms. The zero-order chi connectivity index (χ0) is 33.5. The van der Waals surface area contributed by atoms with Crippen LogP contribution in [0.2, 0.25) is 5.02 Å². The molecule has 0 atom stereocenters. The van der Waals surface area contributed by atoms with Gasteiger partial charge in [-0.1, -0.05) is 54.6 Å². The molecule has 5 rings (SSSR count). The van der Waals surface area contributed by atoms with Gasteiger partial charge in [0.15, 0.2) is 6.04 Å². The molecule has 0 amide bonds.